The van der Waals surface area contributed by atoms with Crippen LogP contribution in [-0.4, -0.2) is 198 Å². The number of aromatic amines is 4. The van der Waals surface area contributed by atoms with Gasteiger partial charge in [0.1, 0.15) is 40.8 Å². The molecule has 4 unspecified atom stereocenters. The molecular formula is C79H98Cl2F8LiN11O20. The number of aromatic nitrogens is 4. The summed E-state index contributed by atoms with van der Waals surface area (Å²) in [5, 5.41) is 46.2. The Morgan fingerprint density at radius 2 is 0.810 bits per heavy atom. The number of methoxy groups -OCH3 is 6. The summed E-state index contributed by atoms with van der Waals surface area (Å²) in [5.74, 6) is -20.9. The summed E-state index contributed by atoms with van der Waals surface area (Å²) in [5.41, 5.74) is 13.9. The van der Waals surface area contributed by atoms with E-state index in [0.717, 1.165) is 38.1 Å². The number of aliphatic carboxylic acids is 1. The summed E-state index contributed by atoms with van der Waals surface area (Å²) in [6, 6.07) is 28.4. The Kier molecular flexibility index (Phi) is 45.7. The molecule has 8 atom stereocenters. The van der Waals surface area contributed by atoms with Gasteiger partial charge in [-0.15, -0.1) is 24.8 Å². The first kappa shape index (κ1) is 110. The first-order valence-electron chi connectivity index (χ1n) is 35.9. The number of halogens is 10. The molecule has 8 aromatic rings. The van der Waals surface area contributed by atoms with Crippen molar-refractivity contribution in [3.63, 3.8) is 0 Å². The summed E-state index contributed by atoms with van der Waals surface area (Å²) in [7, 11) is 8.28. The topological polar surface area (TPSA) is 527 Å². The molecule has 2 aliphatic rings. The molecule has 0 saturated carbocycles. The average molecular weight is 1750 g/mol. The van der Waals surface area contributed by atoms with Gasteiger partial charge in [0.2, 0.25) is 41.4 Å². The Hall–Kier alpha value is -11.0. The van der Waals surface area contributed by atoms with Crippen LogP contribution < -0.4 is 65.2 Å². The van der Waals surface area contributed by atoms with E-state index < -0.39 is 151 Å². The molecule has 2 fully saturated rings. The molecule has 31 nitrogen and oxygen atoms in total. The quantitative estimate of drug-likeness (QED) is 0.00837. The van der Waals surface area contributed by atoms with E-state index in [1.165, 1.54) is 21.3 Å². The molecule has 16 N–H and O–H groups in total. The van der Waals surface area contributed by atoms with E-state index in [9.17, 15) is 88.3 Å². The zero-order chi connectivity index (χ0) is 86.7. The van der Waals surface area contributed by atoms with Crippen molar-refractivity contribution in [3.8, 4) is 35.1 Å². The second kappa shape index (κ2) is 50.3. The van der Waals surface area contributed by atoms with Crippen LogP contribution >= 0.6 is 24.8 Å². The fourth-order valence-corrected chi connectivity index (χ4v) is 12.4. The molecule has 2 aliphatic heterocycles. The van der Waals surface area contributed by atoms with Gasteiger partial charge < -0.3 is 96.9 Å². The minimum Gasteiger partial charge on any atom is -0.870 e. The molecule has 6 heterocycles. The number of Topliss-reactive ketones (excluding diaryl/α,β-unsaturated/α-hetero) is 3. The number of hydrogen-bond donors (Lipinski definition) is 11. The van der Waals surface area contributed by atoms with Crippen molar-refractivity contribution < 1.29 is 152 Å². The van der Waals surface area contributed by atoms with Crippen molar-refractivity contribution in [3.05, 3.63) is 120 Å². The van der Waals surface area contributed by atoms with Crippen LogP contribution in [0.25, 0.3) is 43.6 Å². The smallest absolute Gasteiger partial charge is 0.870 e. The summed E-state index contributed by atoms with van der Waals surface area (Å²) in [4.78, 5) is 129. The largest absolute Gasteiger partial charge is 1.00 e. The number of nitrogens with zero attached hydrogens (tertiary/aromatic N) is 2. The maximum absolute atomic E-state index is 13.8. The van der Waals surface area contributed by atoms with Gasteiger partial charge in [-0.25, -0.2) is 39.9 Å². The summed E-state index contributed by atoms with van der Waals surface area (Å²) >= 11 is 0. The van der Waals surface area contributed by atoms with Crippen LogP contribution in [0.4, 0.5) is 35.1 Å². The van der Waals surface area contributed by atoms with Crippen LogP contribution in [0, 0.1) is 52.3 Å². The van der Waals surface area contributed by atoms with Crippen LogP contribution in [0.1, 0.15) is 140 Å². The fraction of sp³-hybridized carbons (Fsp3) is 0.443. The van der Waals surface area contributed by atoms with Crippen molar-refractivity contribution in [1.29, 1.82) is 10.5 Å². The Morgan fingerprint density at radius 3 is 1.11 bits per heavy atom. The minimum atomic E-state index is -3.20. The summed E-state index contributed by atoms with van der Waals surface area (Å²) in [6.07, 6.45) is -2.55. The Morgan fingerprint density at radius 1 is 0.496 bits per heavy atom. The third kappa shape index (κ3) is 34.9. The molecule has 4 aromatic heterocycles. The standard InChI is InChI=1S/C23H26F2N4O4.C17H19F2NO4.C16H17F2NO4.C10H9NO3.C7H11N3O.C6H11F2NO2.2ClH.Li.2H2O/c1-23(24,25)11-14(22(32)28-15(12-26)8-13-6-7-27-21(13)31)9-19(30)18-10-16-17(29-18)4-3-5-20(16)33-2;1-17(18,19)9-10(16(22)24-3)7-14(21)13-8-11-12(20-13)5-4-6-15(11)23-2;1-16(17,18)8-9(15(21)22)6-13(20)12-7-10-11(19-12)4-3-5-14(10)23-2;1-14-9-4-2-3-7-6(9)5-8(11-7)10(12)13;8-4-6(9)3-5-1-2-10-7(5)11;1-6(7,8)3-4(9)5(10)11-2;;;;;/h3-5,10,13-15,29H,6-9,11H2,1-2H3,(H,27,31)(H,28,32);4-6,8,10,20H,7,9H2,1-3H3;3-5,7,9,19H,6,8H2,1-2H3,(H,21,22);2-5,11H,1H3,(H,12,13);5-6H,1-3,9H2,(H,10,11);4H,3,9H2,1-2H3;2*1H;;2*1H2/q;;;;;;;;+1;;/p-1/t13-,14?,15-;;;;5-,6-;;;;;;/m0...0....../s1. The van der Waals surface area contributed by atoms with Crippen molar-refractivity contribution >= 4 is 127 Å². The maximum Gasteiger partial charge on any atom is 1.00 e. The van der Waals surface area contributed by atoms with E-state index in [0.29, 0.717) is 103 Å². The van der Waals surface area contributed by atoms with Gasteiger partial charge in [0.25, 0.3) is 0 Å². The number of fused-ring (bicyclic) bond motifs is 4. The van der Waals surface area contributed by atoms with Gasteiger partial charge in [-0.05, 0) is 126 Å². The van der Waals surface area contributed by atoms with E-state index in [1.807, 2.05) is 24.3 Å². The predicted molar refractivity (Wildman–Crippen MR) is 427 cm³/mol. The number of H-pyrrole nitrogens is 4. The molecule has 10 rings (SSSR count). The van der Waals surface area contributed by atoms with Gasteiger partial charge in [0, 0.05) is 113 Å². The molecule has 0 radical (unpaired) electrons. The molecule has 3 amide bonds. The number of nitrogens with one attached hydrogen (secondary N) is 7. The van der Waals surface area contributed by atoms with Crippen molar-refractivity contribution in [1.82, 2.24) is 35.9 Å². The van der Waals surface area contributed by atoms with Gasteiger partial charge in [-0.2, -0.15) is 10.5 Å². The number of rotatable bonds is 31. The average Bonchev–Trinajstić information content (AvgIpc) is 1.68. The van der Waals surface area contributed by atoms with Crippen molar-refractivity contribution in [2.75, 3.05) is 55.7 Å². The number of carbonyl (C=O) groups excluding carboxylic acids is 8. The number of nitrogens with two attached hydrogens (primary N) is 2. The number of carboxylic acids is 2. The third-order valence-corrected chi connectivity index (χ3v) is 18.0. The maximum atomic E-state index is 13.8. The van der Waals surface area contributed by atoms with Crippen LogP contribution in [0.3, 0.4) is 0 Å². The Labute approximate surface area is 713 Å². The number of carbonyl (C=O) groups is 10. The minimum absolute atomic E-state index is 0. The number of benzene rings is 4. The number of hydrogen-bond acceptors (Lipinski definition) is 21. The van der Waals surface area contributed by atoms with E-state index in [-0.39, 0.29) is 108 Å². The number of ether oxygens (including phenoxy) is 6. The van der Waals surface area contributed by atoms with E-state index in [1.54, 1.807) is 92.0 Å². The normalized spacial score (nSPS) is 14.7. The zero-order valence-electron chi connectivity index (χ0n) is 67.8. The van der Waals surface area contributed by atoms with Gasteiger partial charge in [0.15, 0.2) is 17.3 Å². The Balaban J connectivity index is 0.00000148. The van der Waals surface area contributed by atoms with Gasteiger partial charge in [-0.3, -0.25) is 43.2 Å². The monoisotopic (exact) mass is 1750 g/mol. The van der Waals surface area contributed by atoms with Crippen molar-refractivity contribution in [2.45, 2.75) is 140 Å². The molecule has 4 aromatic carbocycles. The van der Waals surface area contributed by atoms with E-state index in [2.05, 4.69) is 45.4 Å². The van der Waals surface area contributed by atoms with Crippen LogP contribution in [0.15, 0.2) is 97.1 Å². The SMILES string of the molecule is COC(=O)C(CC(=O)c1cc2c(OC)cccc2[nH]1)CC(C)(F)F.COC(=O)C(N)CC(C)(F)F.COc1cccc2[nH]c(C(=O)CC(CC(C)(F)F)C(=O)N[C@H](C#N)C[C@@H]3CCNC3=O)cc12.COc1cccc2[nH]c(C(=O)CC(CC(C)(F)F)C(=O)O)cc12.COc1cccc2[nH]c(C(=O)O)cc12.Cl.Cl.N#C[C@@H](N)C[C@@H]1CCNC1=O.O.[Li+].[OH-]. The summed E-state index contributed by atoms with van der Waals surface area (Å²) in [6.45, 7) is 3.94. The Bertz CT molecular complexity index is 4860. The van der Waals surface area contributed by atoms with Crippen LogP contribution in [0.5, 0.6) is 23.0 Å². The van der Waals surface area contributed by atoms with E-state index >= 15 is 0 Å². The number of amides is 3. The van der Waals surface area contributed by atoms with Crippen LogP contribution in [0.2, 0.25) is 0 Å². The first-order valence-corrected chi connectivity index (χ1v) is 35.9. The van der Waals surface area contributed by atoms with Gasteiger partial charge in [0.05, 0.1) is 95.7 Å². The van der Waals surface area contributed by atoms with Crippen LogP contribution in [-0.2, 0) is 38.2 Å². The third-order valence-electron chi connectivity index (χ3n) is 18.0. The molecular weight excluding hydrogens is 1650 g/mol. The number of nitriles is 2. The second-order valence-corrected chi connectivity index (χ2v) is 27.7. The molecule has 0 spiro atoms. The number of esters is 2. The van der Waals surface area contributed by atoms with Gasteiger partial charge in [-0.1, -0.05) is 24.3 Å². The number of alkyl halides is 8. The molecule has 0 bridgehead atoms. The molecule has 42 heteroatoms. The molecule has 660 valence electrons. The fourth-order valence-electron chi connectivity index (χ4n) is 12.4. The number of ketones is 3. The number of aromatic carboxylic acids is 1. The molecule has 0 aliphatic carbocycles. The van der Waals surface area contributed by atoms with E-state index in [4.69, 9.17) is 45.9 Å². The second-order valence-electron chi connectivity index (χ2n) is 27.7. The van der Waals surface area contributed by atoms with Crippen molar-refractivity contribution in [2.24, 2.45) is 41.1 Å². The predicted octanol–water partition coefficient (Wildman–Crippen LogP) is 8.64. The zero-order valence-corrected chi connectivity index (χ0v) is 69.4. The molecule has 2 saturated heterocycles. The molecule has 121 heavy (non-hydrogen) atoms. The number of carboxylic acid groups (broad SMARTS) is 2. The first-order chi connectivity index (χ1) is 54.4. The van der Waals surface area contributed by atoms with Gasteiger partial charge >= 0.3 is 42.7 Å². The summed E-state index contributed by atoms with van der Waals surface area (Å²) < 4.78 is 134.